The molecule has 0 aliphatic carbocycles. The largest absolute Gasteiger partial charge is 0.378 e. The molecule has 1 saturated heterocycles. The Hall–Kier alpha value is -1.38. The summed E-state index contributed by atoms with van der Waals surface area (Å²) >= 11 is 0. The fraction of sp³-hybridized carbons (Fsp3) is 0.500. The number of hydrogen-bond donors (Lipinski definition) is 0. The van der Waals surface area contributed by atoms with E-state index in [1.54, 1.807) is 0 Å². The molecule has 1 aromatic carbocycles. The molecule has 0 amide bonds. The van der Waals surface area contributed by atoms with Gasteiger partial charge in [-0.1, -0.05) is 56.8 Å². The van der Waals surface area contributed by atoms with Gasteiger partial charge in [0.15, 0.2) is 0 Å². The first-order valence-electron chi connectivity index (χ1n) is 8.17. The molecule has 1 aliphatic rings. The molecule has 22 heavy (non-hydrogen) atoms. The fourth-order valence-electron chi connectivity index (χ4n) is 2.66. The normalized spacial score (nSPS) is 17.3. The Kier molecular flexibility index (Phi) is 7.05. The first kappa shape index (κ1) is 18.7. The molecule has 2 nitrogen and oxygen atoms in total. The van der Waals surface area contributed by atoms with Gasteiger partial charge in [-0.05, 0) is 37.5 Å². The van der Waals surface area contributed by atoms with Gasteiger partial charge in [-0.15, -0.1) is 0 Å². The van der Waals surface area contributed by atoms with E-state index < -0.39 is 0 Å². The molecule has 1 heterocycles. The van der Waals surface area contributed by atoms with Crippen LogP contribution in [0.4, 0.5) is 0 Å². The van der Waals surface area contributed by atoms with Crippen molar-refractivity contribution >= 4 is 11.1 Å². The number of morpholine rings is 1. The molecule has 2 heteroatoms. The van der Waals surface area contributed by atoms with Crippen LogP contribution in [-0.4, -0.2) is 36.7 Å². The Morgan fingerprint density at radius 1 is 1.18 bits per heavy atom. The first-order valence-corrected chi connectivity index (χ1v) is 8.17. The van der Waals surface area contributed by atoms with Crippen LogP contribution in [0, 0.1) is 0 Å². The summed E-state index contributed by atoms with van der Waals surface area (Å²) in [5.41, 5.74) is 4.71. The van der Waals surface area contributed by atoms with Crippen molar-refractivity contribution in [2.75, 3.05) is 26.3 Å². The lowest BCUT2D eigenvalue weighted by molar-refractivity contribution is -0.0439. The third kappa shape index (κ3) is 4.56. The molecule has 0 unspecified atom stereocenters. The first-order chi connectivity index (χ1) is 10.4. The quantitative estimate of drug-likeness (QED) is 0.786. The van der Waals surface area contributed by atoms with Crippen LogP contribution in [0.1, 0.15) is 45.7 Å². The fourth-order valence-corrected chi connectivity index (χ4v) is 2.66. The molecule has 2 rings (SSSR count). The molecule has 1 aromatic rings. The third-order valence-corrected chi connectivity index (χ3v) is 3.97. The average Bonchev–Trinajstić information content (AvgIpc) is 2.51. The van der Waals surface area contributed by atoms with Gasteiger partial charge in [-0.25, -0.2) is 0 Å². The van der Waals surface area contributed by atoms with E-state index in [0.717, 1.165) is 37.4 Å². The van der Waals surface area contributed by atoms with Crippen molar-refractivity contribution < 1.29 is 4.74 Å². The molecule has 122 valence electrons. The van der Waals surface area contributed by atoms with E-state index in [-0.39, 0.29) is 5.54 Å². The molecule has 0 saturated carbocycles. The van der Waals surface area contributed by atoms with Crippen LogP contribution in [0.2, 0.25) is 0 Å². The van der Waals surface area contributed by atoms with E-state index in [1.165, 1.54) is 11.1 Å². The molecular formula is C20H31NO. The lowest BCUT2D eigenvalue weighted by atomic mass is 9.94. The van der Waals surface area contributed by atoms with Crippen LogP contribution >= 0.6 is 0 Å². The minimum Gasteiger partial charge on any atom is -0.378 e. The second kappa shape index (κ2) is 8.30. The van der Waals surface area contributed by atoms with Crippen molar-refractivity contribution in [2.45, 2.75) is 40.2 Å². The molecule has 0 bridgehead atoms. The van der Waals surface area contributed by atoms with Crippen LogP contribution in [0.15, 0.2) is 37.4 Å². The molecule has 0 aromatic heterocycles. The maximum absolute atomic E-state index is 5.58. The molecule has 1 aliphatic heterocycles. The minimum atomic E-state index is 0.0688. The Morgan fingerprint density at radius 3 is 2.32 bits per heavy atom. The third-order valence-electron chi connectivity index (χ3n) is 3.97. The Morgan fingerprint density at radius 2 is 1.77 bits per heavy atom. The monoisotopic (exact) mass is 301 g/mol. The van der Waals surface area contributed by atoms with Crippen molar-refractivity contribution in [3.63, 3.8) is 0 Å². The van der Waals surface area contributed by atoms with E-state index in [9.17, 15) is 0 Å². The number of hydrogen-bond acceptors (Lipinski definition) is 2. The molecule has 0 radical (unpaired) electrons. The molecule has 0 atom stereocenters. The van der Waals surface area contributed by atoms with Crippen molar-refractivity contribution in [1.29, 1.82) is 0 Å². The summed E-state index contributed by atoms with van der Waals surface area (Å²) in [6.07, 6.45) is 0. The van der Waals surface area contributed by atoms with E-state index in [1.807, 2.05) is 20.8 Å². The van der Waals surface area contributed by atoms with Crippen molar-refractivity contribution in [3.05, 3.63) is 48.6 Å². The summed E-state index contributed by atoms with van der Waals surface area (Å²) < 4.78 is 5.58. The highest BCUT2D eigenvalue weighted by atomic mass is 16.5. The van der Waals surface area contributed by atoms with Crippen LogP contribution in [-0.2, 0) is 4.74 Å². The summed E-state index contributed by atoms with van der Waals surface area (Å²) in [7, 11) is 0. The van der Waals surface area contributed by atoms with Crippen molar-refractivity contribution in [3.8, 4) is 0 Å². The summed E-state index contributed by atoms with van der Waals surface area (Å²) in [6.45, 7) is 22.3. The summed E-state index contributed by atoms with van der Waals surface area (Å²) in [5.74, 6) is 0. The van der Waals surface area contributed by atoms with Crippen LogP contribution in [0.3, 0.4) is 0 Å². The second-order valence-electron chi connectivity index (χ2n) is 6.22. The highest BCUT2D eigenvalue weighted by Gasteiger charge is 2.30. The van der Waals surface area contributed by atoms with Crippen molar-refractivity contribution in [2.24, 2.45) is 0 Å². The van der Waals surface area contributed by atoms with Gasteiger partial charge in [-0.2, -0.15) is 0 Å². The maximum atomic E-state index is 5.58. The van der Waals surface area contributed by atoms with Crippen LogP contribution in [0.25, 0.3) is 11.1 Å². The van der Waals surface area contributed by atoms with Crippen LogP contribution in [0.5, 0.6) is 0 Å². The van der Waals surface area contributed by atoms with E-state index in [2.05, 4.69) is 56.2 Å². The highest BCUT2D eigenvalue weighted by Crippen LogP contribution is 2.27. The zero-order chi connectivity index (χ0) is 16.8. The van der Waals surface area contributed by atoms with Gasteiger partial charge in [0.1, 0.15) is 0 Å². The van der Waals surface area contributed by atoms with E-state index in [0.29, 0.717) is 0 Å². The van der Waals surface area contributed by atoms with Gasteiger partial charge >= 0.3 is 0 Å². The smallest absolute Gasteiger partial charge is 0.0645 e. The molecule has 0 N–H and O–H groups in total. The SMILES string of the molecule is C=C(C)c1ccccc1C(=C)CN1CCOCC1(C)C.CC. The lowest BCUT2D eigenvalue weighted by Crippen LogP contribution is -2.53. The molecule has 0 spiro atoms. The minimum absolute atomic E-state index is 0.0688. The number of ether oxygens (including phenoxy) is 1. The highest BCUT2D eigenvalue weighted by molar-refractivity contribution is 5.78. The van der Waals surface area contributed by atoms with Gasteiger partial charge in [0.2, 0.25) is 0 Å². The zero-order valence-electron chi connectivity index (χ0n) is 14.9. The van der Waals surface area contributed by atoms with Gasteiger partial charge < -0.3 is 4.74 Å². The summed E-state index contributed by atoms with van der Waals surface area (Å²) in [5, 5.41) is 0. The van der Waals surface area contributed by atoms with Gasteiger partial charge in [0, 0.05) is 18.6 Å². The van der Waals surface area contributed by atoms with Gasteiger partial charge in [0.25, 0.3) is 0 Å². The molecular weight excluding hydrogens is 270 g/mol. The lowest BCUT2D eigenvalue weighted by Gasteiger charge is -2.42. The Bertz CT molecular complexity index is 516. The average molecular weight is 301 g/mol. The van der Waals surface area contributed by atoms with E-state index >= 15 is 0 Å². The number of rotatable bonds is 4. The predicted molar refractivity (Wildman–Crippen MR) is 98.0 cm³/mol. The Labute approximate surface area is 136 Å². The topological polar surface area (TPSA) is 12.5 Å². The van der Waals surface area contributed by atoms with Gasteiger partial charge in [-0.3, -0.25) is 4.90 Å². The van der Waals surface area contributed by atoms with Crippen molar-refractivity contribution in [1.82, 2.24) is 4.90 Å². The number of allylic oxidation sites excluding steroid dienone is 1. The Balaban J connectivity index is 0.00000116. The van der Waals surface area contributed by atoms with E-state index in [4.69, 9.17) is 4.74 Å². The zero-order valence-corrected chi connectivity index (χ0v) is 14.9. The second-order valence-corrected chi connectivity index (χ2v) is 6.22. The van der Waals surface area contributed by atoms with Gasteiger partial charge in [0.05, 0.1) is 13.2 Å². The maximum Gasteiger partial charge on any atom is 0.0645 e. The summed E-state index contributed by atoms with van der Waals surface area (Å²) in [6, 6.07) is 8.38. The predicted octanol–water partition coefficient (Wildman–Crippen LogP) is 4.87. The van der Waals surface area contributed by atoms with Crippen LogP contribution < -0.4 is 0 Å². The number of nitrogens with zero attached hydrogens (tertiary/aromatic N) is 1. The number of benzene rings is 1. The standard InChI is InChI=1S/C18H25NO.C2H6/c1-14(2)16-8-6-7-9-17(16)15(3)12-19-10-11-20-13-18(19,4)5;1-2/h6-9H,1,3,10-13H2,2,4-5H3;1-2H3. The summed E-state index contributed by atoms with van der Waals surface area (Å²) in [4.78, 5) is 2.45. The molecule has 1 fully saturated rings.